The van der Waals surface area contributed by atoms with Crippen molar-refractivity contribution in [2.24, 2.45) is 0 Å². The van der Waals surface area contributed by atoms with Gasteiger partial charge in [0.1, 0.15) is 8.24 Å². The number of hydrogen-bond donors (Lipinski definition) is 1. The summed E-state index contributed by atoms with van der Waals surface area (Å²) in [7, 11) is -1.17. The second-order valence-electron chi connectivity index (χ2n) is 4.88. The summed E-state index contributed by atoms with van der Waals surface area (Å²) in [4.78, 5) is 3.82. The van der Waals surface area contributed by atoms with E-state index in [-0.39, 0.29) is 5.54 Å². The molecule has 0 saturated heterocycles. The Kier molecular flexibility index (Phi) is 3.14. The molecule has 0 aromatic carbocycles. The van der Waals surface area contributed by atoms with Crippen LogP contribution in [0.15, 0.2) is 24.3 Å². The molecule has 0 saturated carbocycles. The molecule has 0 radical (unpaired) electrons. The van der Waals surface area contributed by atoms with Gasteiger partial charge in [0, 0.05) is 5.54 Å². The van der Waals surface area contributed by atoms with Crippen molar-refractivity contribution in [1.29, 1.82) is 0 Å². The van der Waals surface area contributed by atoms with Crippen molar-refractivity contribution in [3.05, 3.63) is 24.3 Å². The number of rotatable bonds is 3. The zero-order valence-corrected chi connectivity index (χ0v) is 10.2. The minimum absolute atomic E-state index is 0.249. The van der Waals surface area contributed by atoms with Gasteiger partial charge in [-0.05, 0) is 12.8 Å². The average Bonchev–Trinajstić information content (AvgIpc) is 2.03. The second kappa shape index (κ2) is 3.80. The van der Waals surface area contributed by atoms with E-state index in [2.05, 4.69) is 55.9 Å². The molecule has 0 heterocycles. The highest BCUT2D eigenvalue weighted by Gasteiger charge is 2.29. The normalized spacial score (nSPS) is 28.0. The molecule has 13 heavy (non-hydrogen) atoms. The smallest absolute Gasteiger partial charge is 0.116 e. The van der Waals surface area contributed by atoms with Crippen LogP contribution in [0.1, 0.15) is 19.8 Å². The van der Waals surface area contributed by atoms with Crippen LogP contribution in [-0.2, 0) is 0 Å². The highest BCUT2D eigenvalue weighted by Crippen LogP contribution is 2.23. The summed E-state index contributed by atoms with van der Waals surface area (Å²) in [6.07, 6.45) is 11.2. The predicted molar refractivity (Wildman–Crippen MR) is 62.4 cm³/mol. The molecule has 0 fully saturated rings. The van der Waals surface area contributed by atoms with Crippen molar-refractivity contribution in [2.75, 3.05) is 0 Å². The van der Waals surface area contributed by atoms with Crippen molar-refractivity contribution in [1.82, 2.24) is 4.98 Å². The Hall–Kier alpha value is -0.343. The van der Waals surface area contributed by atoms with Crippen LogP contribution in [0.4, 0.5) is 0 Å². The minimum atomic E-state index is -1.17. The van der Waals surface area contributed by atoms with E-state index in [0.29, 0.717) is 0 Å². The molecule has 0 spiro atoms. The van der Waals surface area contributed by atoms with Gasteiger partial charge in [0.2, 0.25) is 0 Å². The van der Waals surface area contributed by atoms with Crippen molar-refractivity contribution in [3.63, 3.8) is 0 Å². The second-order valence-corrected chi connectivity index (χ2v) is 9.63. The molecule has 2 heteroatoms. The van der Waals surface area contributed by atoms with Gasteiger partial charge in [0.25, 0.3) is 0 Å². The summed E-state index contributed by atoms with van der Waals surface area (Å²) >= 11 is 0. The van der Waals surface area contributed by atoms with Crippen LogP contribution in [-0.4, -0.2) is 13.8 Å². The van der Waals surface area contributed by atoms with Gasteiger partial charge in [-0.1, -0.05) is 50.9 Å². The lowest BCUT2D eigenvalue weighted by Crippen LogP contribution is -2.55. The third-order valence-corrected chi connectivity index (χ3v) is 3.65. The van der Waals surface area contributed by atoms with Gasteiger partial charge in [0.15, 0.2) is 0 Å². The minimum Gasteiger partial charge on any atom is -0.329 e. The van der Waals surface area contributed by atoms with Crippen LogP contribution >= 0.6 is 0 Å². The van der Waals surface area contributed by atoms with Gasteiger partial charge in [0.05, 0.1) is 0 Å². The van der Waals surface area contributed by atoms with Crippen LogP contribution in [0.2, 0.25) is 19.6 Å². The maximum absolute atomic E-state index is 3.82. The SMILES string of the molecule is CC[C@]1(N[Si](C)(C)C)C=CC=CC1. The van der Waals surface area contributed by atoms with Gasteiger partial charge in [-0.3, -0.25) is 0 Å². The summed E-state index contributed by atoms with van der Waals surface area (Å²) in [6.45, 7) is 9.33. The summed E-state index contributed by atoms with van der Waals surface area (Å²) in [5.74, 6) is 0. The standard InChI is InChI=1S/C11H21NSi/c1-5-11(12-13(2,3)4)9-7-6-8-10-11/h6-9,12H,5,10H2,1-4H3/t11-/m0/s1. The van der Waals surface area contributed by atoms with Crippen molar-refractivity contribution >= 4 is 8.24 Å². The van der Waals surface area contributed by atoms with E-state index in [1.54, 1.807) is 0 Å². The maximum atomic E-state index is 3.82. The molecular formula is C11H21NSi. The van der Waals surface area contributed by atoms with E-state index in [4.69, 9.17) is 0 Å². The quantitative estimate of drug-likeness (QED) is 0.682. The van der Waals surface area contributed by atoms with E-state index in [1.807, 2.05) is 0 Å². The van der Waals surface area contributed by atoms with E-state index in [0.717, 1.165) is 6.42 Å². The lowest BCUT2D eigenvalue weighted by molar-refractivity contribution is 0.459. The summed E-state index contributed by atoms with van der Waals surface area (Å²) in [6, 6.07) is 0. The van der Waals surface area contributed by atoms with Crippen LogP contribution in [0.5, 0.6) is 0 Å². The van der Waals surface area contributed by atoms with E-state index >= 15 is 0 Å². The fourth-order valence-electron chi connectivity index (χ4n) is 1.85. The zero-order chi connectivity index (χ0) is 9.95. The molecule has 0 aromatic rings. The molecule has 0 amide bonds. The zero-order valence-electron chi connectivity index (χ0n) is 9.22. The largest absolute Gasteiger partial charge is 0.329 e. The average molecular weight is 195 g/mol. The molecule has 74 valence electrons. The molecule has 1 nitrogen and oxygen atoms in total. The number of nitrogens with one attached hydrogen (secondary N) is 1. The molecule has 1 aliphatic rings. The first-order valence-electron chi connectivity index (χ1n) is 5.11. The molecule has 0 bridgehead atoms. The van der Waals surface area contributed by atoms with E-state index in [1.165, 1.54) is 6.42 Å². The van der Waals surface area contributed by atoms with Crippen LogP contribution in [0.25, 0.3) is 0 Å². The highest BCUT2D eigenvalue weighted by atomic mass is 28.3. The summed E-state index contributed by atoms with van der Waals surface area (Å²) in [5, 5.41) is 0. The van der Waals surface area contributed by atoms with Gasteiger partial charge >= 0.3 is 0 Å². The Morgan fingerprint density at radius 3 is 2.38 bits per heavy atom. The van der Waals surface area contributed by atoms with Crippen LogP contribution < -0.4 is 4.98 Å². The molecule has 1 aliphatic carbocycles. The Bertz CT molecular complexity index is 225. The summed E-state index contributed by atoms with van der Waals surface area (Å²) in [5.41, 5.74) is 0.249. The fourth-order valence-corrected chi connectivity index (χ4v) is 3.71. The number of allylic oxidation sites excluding steroid dienone is 2. The topological polar surface area (TPSA) is 12.0 Å². The molecular weight excluding hydrogens is 174 g/mol. The fraction of sp³-hybridized carbons (Fsp3) is 0.636. The molecule has 1 rings (SSSR count). The summed E-state index contributed by atoms with van der Waals surface area (Å²) < 4.78 is 0. The molecule has 0 aliphatic heterocycles. The Morgan fingerprint density at radius 1 is 1.31 bits per heavy atom. The van der Waals surface area contributed by atoms with Crippen molar-refractivity contribution in [2.45, 2.75) is 44.9 Å². The molecule has 1 atom stereocenters. The third kappa shape index (κ3) is 3.12. The Balaban J connectivity index is 2.71. The lowest BCUT2D eigenvalue weighted by atomic mass is 9.90. The molecule has 0 unspecified atom stereocenters. The Labute approximate surface area is 83.0 Å². The maximum Gasteiger partial charge on any atom is 0.116 e. The van der Waals surface area contributed by atoms with Gasteiger partial charge < -0.3 is 4.98 Å². The molecule has 1 N–H and O–H groups in total. The Morgan fingerprint density at radius 2 is 2.00 bits per heavy atom. The lowest BCUT2D eigenvalue weighted by Gasteiger charge is -2.37. The van der Waals surface area contributed by atoms with Gasteiger partial charge in [-0.25, -0.2) is 0 Å². The third-order valence-electron chi connectivity index (χ3n) is 2.40. The first-order chi connectivity index (χ1) is 5.97. The monoisotopic (exact) mass is 195 g/mol. The van der Waals surface area contributed by atoms with Crippen molar-refractivity contribution < 1.29 is 0 Å². The molecule has 0 aromatic heterocycles. The number of hydrogen-bond acceptors (Lipinski definition) is 1. The van der Waals surface area contributed by atoms with Gasteiger partial charge in [-0.15, -0.1) is 0 Å². The predicted octanol–water partition coefficient (Wildman–Crippen LogP) is 3.08. The van der Waals surface area contributed by atoms with Gasteiger partial charge in [-0.2, -0.15) is 0 Å². The van der Waals surface area contributed by atoms with E-state index in [9.17, 15) is 0 Å². The first-order valence-corrected chi connectivity index (χ1v) is 8.61. The van der Waals surface area contributed by atoms with Crippen LogP contribution in [0, 0.1) is 0 Å². The van der Waals surface area contributed by atoms with Crippen molar-refractivity contribution in [3.8, 4) is 0 Å². The first kappa shape index (κ1) is 10.7. The van der Waals surface area contributed by atoms with E-state index < -0.39 is 8.24 Å². The highest BCUT2D eigenvalue weighted by molar-refractivity contribution is 6.73. The van der Waals surface area contributed by atoms with Crippen LogP contribution in [0.3, 0.4) is 0 Å².